The number of aliphatic hydroxyl groups excluding tert-OH is 1. The number of aliphatic carboxylic acids is 1. The molecular formula is C46H65N5O6. The molecule has 0 aromatic heterocycles. The van der Waals surface area contributed by atoms with Crippen molar-refractivity contribution in [3.63, 3.8) is 0 Å². The van der Waals surface area contributed by atoms with Crippen molar-refractivity contribution in [2.75, 3.05) is 58.3 Å². The quantitative estimate of drug-likeness (QED) is 0.164. The number of hydrogen-bond donors (Lipinski definition) is 3. The van der Waals surface area contributed by atoms with Gasteiger partial charge in [0.15, 0.2) is 0 Å². The van der Waals surface area contributed by atoms with Crippen molar-refractivity contribution in [1.29, 1.82) is 0 Å². The van der Waals surface area contributed by atoms with Gasteiger partial charge in [0, 0.05) is 82.2 Å². The third-order valence-electron chi connectivity index (χ3n) is 11.7. The number of aliphatic hydroxyl groups is 1. The van der Waals surface area contributed by atoms with Crippen molar-refractivity contribution in [2.45, 2.75) is 103 Å². The van der Waals surface area contributed by atoms with Gasteiger partial charge >= 0.3 is 5.97 Å². The fraction of sp³-hybridized carbons (Fsp3) is 0.522. The molecule has 0 radical (unpaired) electrons. The van der Waals surface area contributed by atoms with Crippen LogP contribution in [0.5, 0.6) is 0 Å². The lowest BCUT2D eigenvalue weighted by molar-refractivity contribution is -0.137. The molecule has 1 aliphatic carbocycles. The molecule has 11 nitrogen and oxygen atoms in total. The van der Waals surface area contributed by atoms with Gasteiger partial charge in [-0.3, -0.25) is 19.2 Å². The summed E-state index contributed by atoms with van der Waals surface area (Å²) >= 11 is 0. The minimum Gasteiger partial charge on any atom is -0.481 e. The van der Waals surface area contributed by atoms with Crippen molar-refractivity contribution in [1.82, 2.24) is 20.0 Å². The Bertz CT molecular complexity index is 1750. The van der Waals surface area contributed by atoms with Gasteiger partial charge in [-0.1, -0.05) is 72.3 Å². The maximum atomic E-state index is 12.7. The highest BCUT2D eigenvalue weighted by atomic mass is 16.4. The number of carboxylic acids is 1. The summed E-state index contributed by atoms with van der Waals surface area (Å²) in [5.74, 6) is -0.941. The van der Waals surface area contributed by atoms with Gasteiger partial charge in [0.05, 0.1) is 6.61 Å². The maximum Gasteiger partial charge on any atom is 0.303 e. The molecule has 1 saturated carbocycles. The van der Waals surface area contributed by atoms with Gasteiger partial charge in [0.2, 0.25) is 17.7 Å². The molecule has 3 N–H and O–H groups in total. The summed E-state index contributed by atoms with van der Waals surface area (Å²) in [7, 11) is 4.32. The molecule has 1 saturated heterocycles. The average molecular weight is 784 g/mol. The second-order valence-corrected chi connectivity index (χ2v) is 16.0. The number of hydrogen-bond acceptors (Lipinski definition) is 7. The molecule has 57 heavy (non-hydrogen) atoms. The van der Waals surface area contributed by atoms with Crippen LogP contribution in [0.4, 0.5) is 5.69 Å². The molecule has 5 rings (SSSR count). The molecule has 1 heterocycles. The SMILES string of the molecule is Cc1cccc(CC2(N(C)C)CCC(NC(=O)CCC(=O)N(CCO)Cc3ccccc3)CC2)c1.Cc1cccc(N2CCN(C(=O)CCCC(=O)O)CC2)c1C. The number of nitrogens with zero attached hydrogens (tertiary/aromatic N) is 4. The Morgan fingerprint density at radius 2 is 1.47 bits per heavy atom. The predicted octanol–water partition coefficient (Wildman–Crippen LogP) is 5.90. The lowest BCUT2D eigenvalue weighted by Gasteiger charge is -2.45. The van der Waals surface area contributed by atoms with Crippen molar-refractivity contribution in [3.8, 4) is 0 Å². The molecule has 0 spiro atoms. The van der Waals surface area contributed by atoms with E-state index in [2.05, 4.69) is 92.4 Å². The Kier molecular flexibility index (Phi) is 17.6. The van der Waals surface area contributed by atoms with Crippen LogP contribution in [0.2, 0.25) is 0 Å². The molecule has 1 aliphatic heterocycles. The Morgan fingerprint density at radius 3 is 2.11 bits per heavy atom. The molecule has 0 bridgehead atoms. The van der Waals surface area contributed by atoms with E-state index in [-0.39, 0.29) is 61.7 Å². The number of carbonyl (C=O) groups is 4. The summed E-state index contributed by atoms with van der Waals surface area (Å²) in [6.45, 7) is 10.1. The number of benzene rings is 3. The standard InChI is InChI=1S/C29H41N3O3.C17H24N2O3/c1-23-8-7-11-25(20-23)21-29(31(2)3)16-14-26(15-17-29)30-27(34)12-13-28(35)32(18-19-33)22-24-9-5-4-6-10-24;1-13-5-3-6-15(14(13)2)18-9-11-19(12-10-18)16(20)7-4-8-17(21)22/h4-11,20,26,33H,12-19,21-22H2,1-3H3,(H,30,34);3,5-6H,4,7-12H2,1-2H3,(H,21,22). The van der Waals surface area contributed by atoms with Crippen LogP contribution < -0.4 is 10.2 Å². The van der Waals surface area contributed by atoms with Gasteiger partial charge in [-0.15, -0.1) is 0 Å². The summed E-state index contributed by atoms with van der Waals surface area (Å²) in [5, 5.41) is 21.1. The van der Waals surface area contributed by atoms with Crippen LogP contribution in [0.25, 0.3) is 0 Å². The lowest BCUT2D eigenvalue weighted by Crippen LogP contribution is -2.52. The first-order valence-electron chi connectivity index (χ1n) is 20.6. The summed E-state index contributed by atoms with van der Waals surface area (Å²) in [6.07, 6.45) is 6.09. The zero-order chi connectivity index (χ0) is 41.4. The fourth-order valence-electron chi connectivity index (χ4n) is 8.00. The average Bonchev–Trinajstić information content (AvgIpc) is 3.19. The van der Waals surface area contributed by atoms with Crippen LogP contribution >= 0.6 is 0 Å². The number of aryl methyl sites for hydroxylation is 2. The van der Waals surface area contributed by atoms with Gasteiger partial charge in [-0.25, -0.2) is 0 Å². The smallest absolute Gasteiger partial charge is 0.303 e. The van der Waals surface area contributed by atoms with Crippen molar-refractivity contribution in [3.05, 3.63) is 101 Å². The van der Waals surface area contributed by atoms with Crippen LogP contribution in [0.3, 0.4) is 0 Å². The Labute approximate surface area is 340 Å². The molecule has 0 atom stereocenters. The van der Waals surface area contributed by atoms with Gasteiger partial charge in [-0.05, 0) is 102 Å². The highest BCUT2D eigenvalue weighted by Crippen LogP contribution is 2.35. The zero-order valence-corrected chi connectivity index (χ0v) is 34.8. The zero-order valence-electron chi connectivity index (χ0n) is 34.8. The van der Waals surface area contributed by atoms with E-state index in [4.69, 9.17) is 5.11 Å². The highest BCUT2D eigenvalue weighted by Gasteiger charge is 2.37. The first-order valence-corrected chi connectivity index (χ1v) is 20.6. The molecule has 3 amide bonds. The minimum absolute atomic E-state index is 0.0637. The third-order valence-corrected chi connectivity index (χ3v) is 11.7. The summed E-state index contributed by atoms with van der Waals surface area (Å²) in [4.78, 5) is 56.1. The van der Waals surface area contributed by atoms with Crippen molar-refractivity contribution < 1.29 is 29.4 Å². The van der Waals surface area contributed by atoms with E-state index in [1.165, 1.54) is 27.9 Å². The van der Waals surface area contributed by atoms with Crippen molar-refractivity contribution >= 4 is 29.4 Å². The molecule has 3 aromatic rings. The molecule has 0 unspecified atom stereocenters. The topological polar surface area (TPSA) is 134 Å². The minimum atomic E-state index is -0.840. The third kappa shape index (κ3) is 14.0. The van der Waals surface area contributed by atoms with Crippen molar-refractivity contribution in [2.24, 2.45) is 0 Å². The number of carboxylic acid groups (broad SMARTS) is 1. The second kappa shape index (κ2) is 22.3. The van der Waals surface area contributed by atoms with E-state index in [9.17, 15) is 24.3 Å². The molecule has 2 aliphatic rings. The van der Waals surface area contributed by atoms with E-state index < -0.39 is 5.97 Å². The first-order chi connectivity index (χ1) is 27.3. The van der Waals surface area contributed by atoms with Gasteiger partial charge in [0.25, 0.3) is 0 Å². The highest BCUT2D eigenvalue weighted by molar-refractivity contribution is 5.84. The number of anilines is 1. The number of amides is 3. The van der Waals surface area contributed by atoms with Gasteiger partial charge < -0.3 is 35.1 Å². The lowest BCUT2D eigenvalue weighted by atomic mass is 9.74. The first kappa shape index (κ1) is 45.0. The normalized spacial score (nSPS) is 18.1. The largest absolute Gasteiger partial charge is 0.481 e. The number of likely N-dealkylation sites (N-methyl/N-ethyl adjacent to an activating group) is 1. The summed E-state index contributed by atoms with van der Waals surface area (Å²) in [5.41, 5.74) is 7.59. The van der Waals surface area contributed by atoms with E-state index >= 15 is 0 Å². The Morgan fingerprint density at radius 1 is 0.807 bits per heavy atom. The van der Waals surface area contributed by atoms with Crippen LogP contribution in [0.1, 0.15) is 85.6 Å². The Hall–Kier alpha value is -4.74. The second-order valence-electron chi connectivity index (χ2n) is 16.0. The number of carbonyl (C=O) groups excluding carboxylic acids is 3. The number of piperazine rings is 1. The Balaban J connectivity index is 0.000000281. The fourth-order valence-corrected chi connectivity index (χ4v) is 8.00. The number of nitrogens with one attached hydrogen (secondary N) is 1. The van der Waals surface area contributed by atoms with Crippen LogP contribution in [-0.2, 0) is 32.1 Å². The molecule has 2 fully saturated rings. The van der Waals surface area contributed by atoms with Crippen LogP contribution in [0.15, 0.2) is 72.8 Å². The monoisotopic (exact) mass is 783 g/mol. The van der Waals surface area contributed by atoms with Crippen LogP contribution in [0, 0.1) is 20.8 Å². The van der Waals surface area contributed by atoms with E-state index in [0.29, 0.717) is 32.5 Å². The predicted molar refractivity (Wildman–Crippen MR) is 226 cm³/mol. The number of rotatable bonds is 16. The maximum absolute atomic E-state index is 12.7. The molecule has 310 valence electrons. The van der Waals surface area contributed by atoms with E-state index in [0.717, 1.165) is 50.8 Å². The molecule has 3 aromatic carbocycles. The summed E-state index contributed by atoms with van der Waals surface area (Å²) < 4.78 is 0. The van der Waals surface area contributed by atoms with Gasteiger partial charge in [0.1, 0.15) is 0 Å². The molecular weight excluding hydrogens is 719 g/mol. The van der Waals surface area contributed by atoms with E-state index in [1.54, 1.807) is 4.90 Å². The summed E-state index contributed by atoms with van der Waals surface area (Å²) in [6, 6.07) is 24.9. The van der Waals surface area contributed by atoms with E-state index in [1.807, 2.05) is 35.2 Å². The van der Waals surface area contributed by atoms with Gasteiger partial charge in [-0.2, -0.15) is 0 Å². The van der Waals surface area contributed by atoms with Crippen LogP contribution in [-0.4, -0.2) is 114 Å². The molecule has 11 heteroatoms.